The van der Waals surface area contributed by atoms with Gasteiger partial charge in [-0.25, -0.2) is 0 Å². The maximum absolute atomic E-state index is 5.83. The lowest BCUT2D eigenvalue weighted by Gasteiger charge is -2.33. The van der Waals surface area contributed by atoms with Crippen LogP contribution in [0.1, 0.15) is 25.3 Å². The molecule has 1 aliphatic rings. The first-order chi connectivity index (χ1) is 7.24. The molecule has 0 heterocycles. The van der Waals surface area contributed by atoms with Gasteiger partial charge in [-0.1, -0.05) is 30.7 Å². The molecule has 1 N–H and O–H groups in total. The molecule has 0 aromatic heterocycles. The Kier molecular flexibility index (Phi) is 3.66. The zero-order valence-corrected chi connectivity index (χ0v) is 9.93. The molecule has 0 aliphatic heterocycles. The van der Waals surface area contributed by atoms with E-state index in [1.165, 1.54) is 18.4 Å². The Bertz CT molecular complexity index is 301. The molecule has 1 fully saturated rings. The third kappa shape index (κ3) is 3.22. The Morgan fingerprint density at radius 1 is 1.27 bits per heavy atom. The summed E-state index contributed by atoms with van der Waals surface area (Å²) in [5, 5.41) is 4.40. The van der Waals surface area contributed by atoms with Crippen molar-refractivity contribution in [1.29, 1.82) is 0 Å². The Morgan fingerprint density at radius 3 is 2.53 bits per heavy atom. The van der Waals surface area contributed by atoms with E-state index in [-0.39, 0.29) is 0 Å². The van der Waals surface area contributed by atoms with Crippen LogP contribution in [-0.4, -0.2) is 12.6 Å². The zero-order valence-electron chi connectivity index (χ0n) is 9.17. The maximum atomic E-state index is 5.83. The molecule has 1 nitrogen and oxygen atoms in total. The monoisotopic (exact) mass is 223 g/mol. The number of nitrogens with one attached hydrogen (secondary N) is 1. The first-order valence-corrected chi connectivity index (χ1v) is 6.09. The van der Waals surface area contributed by atoms with Gasteiger partial charge in [0.2, 0.25) is 0 Å². The fraction of sp³-hybridized carbons (Fsp3) is 0.538. The lowest BCUT2D eigenvalue weighted by Crippen LogP contribution is -2.40. The van der Waals surface area contributed by atoms with Gasteiger partial charge in [0.15, 0.2) is 0 Å². The van der Waals surface area contributed by atoms with Crippen molar-refractivity contribution in [2.75, 3.05) is 6.54 Å². The predicted molar refractivity (Wildman–Crippen MR) is 65.3 cm³/mol. The summed E-state index contributed by atoms with van der Waals surface area (Å²) in [7, 11) is 0. The summed E-state index contributed by atoms with van der Waals surface area (Å²) in [6.45, 7) is 3.40. The van der Waals surface area contributed by atoms with Crippen LogP contribution in [0.3, 0.4) is 0 Å². The van der Waals surface area contributed by atoms with Crippen molar-refractivity contribution in [3.63, 3.8) is 0 Å². The molecule has 1 aromatic rings. The smallest absolute Gasteiger partial charge is 0.0406 e. The van der Waals surface area contributed by atoms with Crippen LogP contribution in [0.15, 0.2) is 24.3 Å². The molecule has 1 aliphatic carbocycles. The summed E-state index contributed by atoms with van der Waals surface area (Å²) < 4.78 is 0. The minimum Gasteiger partial charge on any atom is -0.314 e. The van der Waals surface area contributed by atoms with Gasteiger partial charge in [-0.15, -0.1) is 0 Å². The Balaban J connectivity index is 1.67. The van der Waals surface area contributed by atoms with Gasteiger partial charge in [-0.05, 0) is 49.4 Å². The largest absolute Gasteiger partial charge is 0.314 e. The summed E-state index contributed by atoms with van der Waals surface area (Å²) in [5.74, 6) is 0.929. The lowest BCUT2D eigenvalue weighted by atomic mass is 9.82. The van der Waals surface area contributed by atoms with E-state index in [4.69, 9.17) is 11.6 Å². The highest BCUT2D eigenvalue weighted by atomic mass is 35.5. The fourth-order valence-electron chi connectivity index (χ4n) is 2.14. The number of benzene rings is 1. The van der Waals surface area contributed by atoms with E-state index >= 15 is 0 Å². The third-order valence-corrected chi connectivity index (χ3v) is 3.39. The van der Waals surface area contributed by atoms with Crippen LogP contribution in [0.25, 0.3) is 0 Å². The molecule has 15 heavy (non-hydrogen) atoms. The standard InChI is InChI=1S/C13H18ClN/c1-10-8-13(9-10)15-7-6-11-2-4-12(14)5-3-11/h2-5,10,13,15H,6-9H2,1H3. The van der Waals surface area contributed by atoms with Gasteiger partial charge in [-0.2, -0.15) is 0 Å². The molecule has 1 aromatic carbocycles. The SMILES string of the molecule is CC1CC(NCCc2ccc(Cl)cc2)C1. The first kappa shape index (κ1) is 11.0. The third-order valence-electron chi connectivity index (χ3n) is 3.13. The van der Waals surface area contributed by atoms with E-state index in [2.05, 4.69) is 24.4 Å². The minimum absolute atomic E-state index is 0.771. The molecule has 0 saturated heterocycles. The molecular formula is C13H18ClN. The van der Waals surface area contributed by atoms with E-state index in [1.807, 2.05) is 12.1 Å². The number of hydrogen-bond acceptors (Lipinski definition) is 1. The summed E-state index contributed by atoms with van der Waals surface area (Å²) in [5.41, 5.74) is 1.36. The highest BCUT2D eigenvalue weighted by Gasteiger charge is 2.23. The second-order valence-corrected chi connectivity index (χ2v) is 5.04. The molecule has 0 atom stereocenters. The van der Waals surface area contributed by atoms with Crippen LogP contribution in [0.5, 0.6) is 0 Å². The summed E-state index contributed by atoms with van der Waals surface area (Å²) >= 11 is 5.83. The van der Waals surface area contributed by atoms with Gasteiger partial charge in [0.1, 0.15) is 0 Å². The van der Waals surface area contributed by atoms with Crippen molar-refractivity contribution in [1.82, 2.24) is 5.32 Å². The van der Waals surface area contributed by atoms with E-state index in [0.717, 1.165) is 29.9 Å². The molecule has 2 heteroatoms. The number of halogens is 1. The lowest BCUT2D eigenvalue weighted by molar-refractivity contribution is 0.243. The van der Waals surface area contributed by atoms with Gasteiger partial charge in [0.05, 0.1) is 0 Å². The number of rotatable bonds is 4. The van der Waals surface area contributed by atoms with Crippen LogP contribution in [0.4, 0.5) is 0 Å². The molecule has 0 spiro atoms. The summed E-state index contributed by atoms with van der Waals surface area (Å²) in [4.78, 5) is 0. The molecule has 0 bridgehead atoms. The van der Waals surface area contributed by atoms with Crippen molar-refractivity contribution in [3.8, 4) is 0 Å². The van der Waals surface area contributed by atoms with Crippen LogP contribution >= 0.6 is 11.6 Å². The molecule has 0 radical (unpaired) electrons. The van der Waals surface area contributed by atoms with Crippen molar-refractivity contribution in [3.05, 3.63) is 34.9 Å². The van der Waals surface area contributed by atoms with E-state index < -0.39 is 0 Å². The highest BCUT2D eigenvalue weighted by Crippen LogP contribution is 2.26. The normalized spacial score (nSPS) is 24.9. The quantitative estimate of drug-likeness (QED) is 0.826. The molecular weight excluding hydrogens is 206 g/mol. The Hall–Kier alpha value is -0.530. The second kappa shape index (κ2) is 5.00. The van der Waals surface area contributed by atoms with Gasteiger partial charge in [-0.3, -0.25) is 0 Å². The average molecular weight is 224 g/mol. The van der Waals surface area contributed by atoms with Crippen LogP contribution in [-0.2, 0) is 6.42 Å². The maximum Gasteiger partial charge on any atom is 0.0406 e. The van der Waals surface area contributed by atoms with Crippen LogP contribution < -0.4 is 5.32 Å². The minimum atomic E-state index is 0.771. The molecule has 1 saturated carbocycles. The van der Waals surface area contributed by atoms with Crippen molar-refractivity contribution in [2.45, 2.75) is 32.2 Å². The van der Waals surface area contributed by atoms with Gasteiger partial charge < -0.3 is 5.32 Å². The highest BCUT2D eigenvalue weighted by molar-refractivity contribution is 6.30. The molecule has 2 rings (SSSR count). The summed E-state index contributed by atoms with van der Waals surface area (Å²) in [6, 6.07) is 8.90. The second-order valence-electron chi connectivity index (χ2n) is 4.60. The van der Waals surface area contributed by atoms with Crippen molar-refractivity contribution >= 4 is 11.6 Å². The average Bonchev–Trinajstić information content (AvgIpc) is 2.18. The predicted octanol–water partition coefficient (Wildman–Crippen LogP) is 3.27. The topological polar surface area (TPSA) is 12.0 Å². The van der Waals surface area contributed by atoms with Crippen LogP contribution in [0, 0.1) is 5.92 Å². The Labute approximate surface area is 96.8 Å². The van der Waals surface area contributed by atoms with Gasteiger partial charge in [0.25, 0.3) is 0 Å². The van der Waals surface area contributed by atoms with E-state index in [9.17, 15) is 0 Å². The molecule has 82 valence electrons. The summed E-state index contributed by atoms with van der Waals surface area (Å²) in [6.07, 6.45) is 3.79. The van der Waals surface area contributed by atoms with Gasteiger partial charge in [0, 0.05) is 11.1 Å². The van der Waals surface area contributed by atoms with E-state index in [0.29, 0.717) is 0 Å². The van der Waals surface area contributed by atoms with Crippen LogP contribution in [0.2, 0.25) is 5.02 Å². The number of hydrogen-bond donors (Lipinski definition) is 1. The fourth-order valence-corrected chi connectivity index (χ4v) is 2.27. The molecule has 0 unspecified atom stereocenters. The zero-order chi connectivity index (χ0) is 10.7. The molecule has 0 amide bonds. The van der Waals surface area contributed by atoms with Gasteiger partial charge >= 0.3 is 0 Å². The Morgan fingerprint density at radius 2 is 1.93 bits per heavy atom. The van der Waals surface area contributed by atoms with Crippen molar-refractivity contribution < 1.29 is 0 Å². The first-order valence-electron chi connectivity index (χ1n) is 5.72. The van der Waals surface area contributed by atoms with E-state index in [1.54, 1.807) is 0 Å². The van der Waals surface area contributed by atoms with Crippen molar-refractivity contribution in [2.24, 2.45) is 5.92 Å².